The summed E-state index contributed by atoms with van der Waals surface area (Å²) in [7, 11) is 0. The van der Waals surface area contributed by atoms with E-state index < -0.39 is 5.54 Å². The number of carbonyl (C=O) groups is 1. The molecule has 1 atom stereocenters. The SMILES string of the molecule is CCC(C)(C(=O)c1cccnc1N)N1CCCCC1. The summed E-state index contributed by atoms with van der Waals surface area (Å²) >= 11 is 0. The number of Topliss-reactive ketones (excluding diaryl/α,β-unsaturated/α-hetero) is 1. The van der Waals surface area contributed by atoms with Crippen LogP contribution in [0.1, 0.15) is 49.9 Å². The second kappa shape index (κ2) is 5.70. The number of nitrogens with two attached hydrogens (primary N) is 1. The Morgan fingerprint density at radius 2 is 2.11 bits per heavy atom. The number of carbonyl (C=O) groups excluding carboxylic acids is 1. The molecule has 1 saturated heterocycles. The molecule has 0 radical (unpaired) electrons. The van der Waals surface area contributed by atoms with Gasteiger partial charge in [0, 0.05) is 6.20 Å². The lowest BCUT2D eigenvalue weighted by Gasteiger charge is -2.41. The highest BCUT2D eigenvalue weighted by molar-refractivity contribution is 6.06. The summed E-state index contributed by atoms with van der Waals surface area (Å²) in [6, 6.07) is 3.55. The molecule has 0 aromatic carbocycles. The molecule has 104 valence electrons. The van der Waals surface area contributed by atoms with Crippen LogP contribution in [0.2, 0.25) is 0 Å². The molecule has 1 fully saturated rings. The number of pyridine rings is 1. The lowest BCUT2D eigenvalue weighted by molar-refractivity contribution is 0.0506. The number of ketones is 1. The molecule has 2 rings (SSSR count). The van der Waals surface area contributed by atoms with E-state index in [-0.39, 0.29) is 5.78 Å². The standard InChI is InChI=1S/C15H23N3O/c1-3-15(2,18-10-5-4-6-11-18)13(19)12-8-7-9-17-14(12)16/h7-9H,3-6,10-11H2,1-2H3,(H2,16,17). The summed E-state index contributed by atoms with van der Waals surface area (Å²) in [5.74, 6) is 0.437. The Hall–Kier alpha value is -1.42. The molecular formula is C15H23N3O. The van der Waals surface area contributed by atoms with Crippen LogP contribution >= 0.6 is 0 Å². The first-order valence-electron chi connectivity index (χ1n) is 7.10. The lowest BCUT2D eigenvalue weighted by Crippen LogP contribution is -2.54. The molecular weight excluding hydrogens is 238 g/mol. The monoisotopic (exact) mass is 261 g/mol. The smallest absolute Gasteiger partial charge is 0.186 e. The van der Waals surface area contributed by atoms with Gasteiger partial charge in [-0.1, -0.05) is 13.3 Å². The number of hydrogen-bond donors (Lipinski definition) is 1. The number of piperidine rings is 1. The fourth-order valence-corrected chi connectivity index (χ4v) is 2.81. The van der Waals surface area contributed by atoms with Crippen molar-refractivity contribution in [3.8, 4) is 0 Å². The van der Waals surface area contributed by atoms with Crippen LogP contribution in [0.25, 0.3) is 0 Å². The molecule has 1 aliphatic heterocycles. The lowest BCUT2D eigenvalue weighted by atomic mass is 9.85. The van der Waals surface area contributed by atoms with Gasteiger partial charge in [-0.15, -0.1) is 0 Å². The largest absolute Gasteiger partial charge is 0.383 e. The maximum atomic E-state index is 12.9. The Morgan fingerprint density at radius 1 is 1.42 bits per heavy atom. The van der Waals surface area contributed by atoms with Crippen LogP contribution < -0.4 is 5.73 Å². The van der Waals surface area contributed by atoms with Gasteiger partial charge in [0.1, 0.15) is 5.82 Å². The van der Waals surface area contributed by atoms with Gasteiger partial charge in [0.2, 0.25) is 0 Å². The summed E-state index contributed by atoms with van der Waals surface area (Å²) < 4.78 is 0. The van der Waals surface area contributed by atoms with Crippen molar-refractivity contribution in [3.63, 3.8) is 0 Å². The highest BCUT2D eigenvalue weighted by atomic mass is 16.1. The molecule has 1 aromatic rings. The van der Waals surface area contributed by atoms with Crippen molar-refractivity contribution in [3.05, 3.63) is 23.9 Å². The zero-order valence-corrected chi connectivity index (χ0v) is 11.9. The highest BCUT2D eigenvalue weighted by Crippen LogP contribution is 2.29. The van der Waals surface area contributed by atoms with E-state index in [1.165, 1.54) is 19.3 Å². The second-order valence-electron chi connectivity index (χ2n) is 5.44. The first-order chi connectivity index (χ1) is 9.09. The molecule has 0 saturated carbocycles. The first kappa shape index (κ1) is 14.0. The Kier molecular flexibility index (Phi) is 4.20. The third kappa shape index (κ3) is 2.63. The summed E-state index contributed by atoms with van der Waals surface area (Å²) in [6.07, 6.45) is 6.02. The van der Waals surface area contributed by atoms with Crippen LogP contribution in [-0.4, -0.2) is 34.3 Å². The van der Waals surface area contributed by atoms with Gasteiger partial charge in [0.15, 0.2) is 5.78 Å². The van der Waals surface area contributed by atoms with Crippen molar-refractivity contribution < 1.29 is 4.79 Å². The van der Waals surface area contributed by atoms with E-state index >= 15 is 0 Å². The maximum Gasteiger partial charge on any atom is 0.186 e. The quantitative estimate of drug-likeness (QED) is 0.846. The second-order valence-corrected chi connectivity index (χ2v) is 5.44. The van der Waals surface area contributed by atoms with Crippen LogP contribution in [-0.2, 0) is 0 Å². The van der Waals surface area contributed by atoms with Gasteiger partial charge in [-0.05, 0) is 51.4 Å². The van der Waals surface area contributed by atoms with Gasteiger partial charge in [0.25, 0.3) is 0 Å². The molecule has 4 heteroatoms. The number of nitrogen functional groups attached to an aromatic ring is 1. The fourth-order valence-electron chi connectivity index (χ4n) is 2.81. The molecule has 1 unspecified atom stereocenters. The average molecular weight is 261 g/mol. The summed E-state index contributed by atoms with van der Waals surface area (Å²) in [5.41, 5.74) is 5.94. The molecule has 0 bridgehead atoms. The zero-order chi connectivity index (χ0) is 13.9. The summed E-state index contributed by atoms with van der Waals surface area (Å²) in [5, 5.41) is 0. The van der Waals surface area contributed by atoms with Gasteiger partial charge >= 0.3 is 0 Å². The fraction of sp³-hybridized carbons (Fsp3) is 0.600. The summed E-state index contributed by atoms with van der Waals surface area (Å²) in [6.45, 7) is 6.10. The predicted octanol–water partition coefficient (Wildman–Crippen LogP) is 2.50. The number of rotatable bonds is 4. The third-order valence-corrected chi connectivity index (χ3v) is 4.31. The van der Waals surface area contributed by atoms with E-state index in [1.807, 2.05) is 6.92 Å². The Bertz CT molecular complexity index is 454. The Balaban J connectivity index is 2.30. The Labute approximate surface area is 115 Å². The van der Waals surface area contributed by atoms with E-state index in [9.17, 15) is 4.79 Å². The molecule has 2 heterocycles. The van der Waals surface area contributed by atoms with Gasteiger partial charge in [-0.2, -0.15) is 0 Å². The minimum absolute atomic E-state index is 0.0995. The van der Waals surface area contributed by atoms with E-state index in [0.29, 0.717) is 11.4 Å². The number of nitrogens with zero attached hydrogens (tertiary/aromatic N) is 2. The zero-order valence-electron chi connectivity index (χ0n) is 11.9. The topological polar surface area (TPSA) is 59.2 Å². The molecule has 0 spiro atoms. The minimum atomic E-state index is -0.461. The molecule has 2 N–H and O–H groups in total. The van der Waals surface area contributed by atoms with Gasteiger partial charge in [0.05, 0.1) is 11.1 Å². The molecule has 1 aliphatic rings. The highest BCUT2D eigenvalue weighted by Gasteiger charge is 2.39. The van der Waals surface area contributed by atoms with Crippen LogP contribution in [0, 0.1) is 0 Å². The minimum Gasteiger partial charge on any atom is -0.383 e. The van der Waals surface area contributed by atoms with Crippen molar-refractivity contribution in [1.82, 2.24) is 9.88 Å². The number of hydrogen-bond acceptors (Lipinski definition) is 4. The number of likely N-dealkylation sites (tertiary alicyclic amines) is 1. The van der Waals surface area contributed by atoms with Crippen molar-refractivity contribution in [2.45, 2.75) is 45.1 Å². The van der Waals surface area contributed by atoms with Crippen molar-refractivity contribution in [2.24, 2.45) is 0 Å². The maximum absolute atomic E-state index is 12.9. The van der Waals surface area contributed by atoms with Crippen LogP contribution in [0.4, 0.5) is 5.82 Å². The van der Waals surface area contributed by atoms with Crippen LogP contribution in [0.3, 0.4) is 0 Å². The van der Waals surface area contributed by atoms with Gasteiger partial charge in [-0.25, -0.2) is 4.98 Å². The number of aromatic nitrogens is 1. The van der Waals surface area contributed by atoms with E-state index in [2.05, 4.69) is 16.8 Å². The molecule has 4 nitrogen and oxygen atoms in total. The summed E-state index contributed by atoms with van der Waals surface area (Å²) in [4.78, 5) is 19.2. The van der Waals surface area contributed by atoms with Crippen molar-refractivity contribution >= 4 is 11.6 Å². The van der Waals surface area contributed by atoms with Crippen LogP contribution in [0.15, 0.2) is 18.3 Å². The first-order valence-corrected chi connectivity index (χ1v) is 7.10. The average Bonchev–Trinajstić information content (AvgIpc) is 2.47. The van der Waals surface area contributed by atoms with Crippen molar-refractivity contribution in [1.29, 1.82) is 0 Å². The third-order valence-electron chi connectivity index (χ3n) is 4.31. The van der Waals surface area contributed by atoms with E-state index in [0.717, 1.165) is 19.5 Å². The Morgan fingerprint density at radius 3 is 2.68 bits per heavy atom. The van der Waals surface area contributed by atoms with E-state index in [1.54, 1.807) is 18.3 Å². The van der Waals surface area contributed by atoms with Crippen LogP contribution in [0.5, 0.6) is 0 Å². The van der Waals surface area contributed by atoms with E-state index in [4.69, 9.17) is 5.73 Å². The molecule has 1 aromatic heterocycles. The molecule has 0 amide bonds. The molecule has 0 aliphatic carbocycles. The molecule has 19 heavy (non-hydrogen) atoms. The van der Waals surface area contributed by atoms with Gasteiger partial charge < -0.3 is 5.73 Å². The number of anilines is 1. The van der Waals surface area contributed by atoms with Gasteiger partial charge in [-0.3, -0.25) is 9.69 Å². The normalized spacial score (nSPS) is 19.9. The predicted molar refractivity (Wildman–Crippen MR) is 77.1 cm³/mol. The van der Waals surface area contributed by atoms with Crippen molar-refractivity contribution in [2.75, 3.05) is 18.8 Å².